The monoisotopic (exact) mass is 283 g/mol. The van der Waals surface area contributed by atoms with Crippen molar-refractivity contribution in [2.75, 3.05) is 6.61 Å². The highest BCUT2D eigenvalue weighted by Gasteiger charge is 2.12. The SMILES string of the molecule is CCOc1ccc(C(C)N)cc1CSC(C)C(C)O. The van der Waals surface area contributed by atoms with Gasteiger partial charge in [0.1, 0.15) is 5.75 Å². The average Bonchev–Trinajstić information content (AvgIpc) is 2.37. The molecule has 0 amide bonds. The third kappa shape index (κ3) is 5.05. The van der Waals surface area contributed by atoms with Crippen LogP contribution < -0.4 is 10.5 Å². The van der Waals surface area contributed by atoms with Crippen molar-refractivity contribution in [2.24, 2.45) is 5.73 Å². The second-order valence-corrected chi connectivity index (χ2v) is 6.21. The first-order valence-corrected chi connectivity index (χ1v) is 7.81. The molecule has 0 saturated carbocycles. The van der Waals surface area contributed by atoms with Crippen molar-refractivity contribution in [1.82, 2.24) is 0 Å². The van der Waals surface area contributed by atoms with Crippen LogP contribution in [0.1, 0.15) is 44.9 Å². The van der Waals surface area contributed by atoms with Crippen LogP contribution in [0.25, 0.3) is 0 Å². The molecule has 3 atom stereocenters. The molecule has 0 bridgehead atoms. The molecule has 0 fully saturated rings. The molecule has 1 aromatic rings. The highest BCUT2D eigenvalue weighted by Crippen LogP contribution is 2.29. The number of nitrogens with two attached hydrogens (primary N) is 1. The van der Waals surface area contributed by atoms with Crippen molar-refractivity contribution in [3.8, 4) is 5.75 Å². The van der Waals surface area contributed by atoms with Gasteiger partial charge >= 0.3 is 0 Å². The molecule has 0 spiro atoms. The summed E-state index contributed by atoms with van der Waals surface area (Å²) in [6, 6.07) is 6.14. The van der Waals surface area contributed by atoms with Gasteiger partial charge in [0.25, 0.3) is 0 Å². The van der Waals surface area contributed by atoms with Gasteiger partial charge in [-0.1, -0.05) is 13.0 Å². The first kappa shape index (κ1) is 16.3. The minimum atomic E-state index is -0.308. The van der Waals surface area contributed by atoms with Crippen LogP contribution in [-0.2, 0) is 5.75 Å². The summed E-state index contributed by atoms with van der Waals surface area (Å²) in [6.45, 7) is 8.46. The van der Waals surface area contributed by atoms with E-state index in [1.807, 2.05) is 39.8 Å². The van der Waals surface area contributed by atoms with Gasteiger partial charge < -0.3 is 15.6 Å². The number of thioether (sulfide) groups is 1. The Morgan fingerprint density at radius 1 is 1.32 bits per heavy atom. The summed E-state index contributed by atoms with van der Waals surface area (Å²) >= 11 is 1.73. The van der Waals surface area contributed by atoms with E-state index in [-0.39, 0.29) is 17.4 Å². The fourth-order valence-corrected chi connectivity index (χ4v) is 2.60. The van der Waals surface area contributed by atoms with Crippen LogP contribution in [0.4, 0.5) is 0 Å². The molecule has 4 heteroatoms. The lowest BCUT2D eigenvalue weighted by Gasteiger charge is -2.17. The van der Waals surface area contributed by atoms with Gasteiger partial charge in [0, 0.05) is 22.6 Å². The van der Waals surface area contributed by atoms with Gasteiger partial charge in [0.15, 0.2) is 0 Å². The highest BCUT2D eigenvalue weighted by molar-refractivity contribution is 7.99. The molecule has 1 rings (SSSR count). The molecular weight excluding hydrogens is 258 g/mol. The summed E-state index contributed by atoms with van der Waals surface area (Å²) in [5.74, 6) is 1.74. The van der Waals surface area contributed by atoms with Crippen molar-refractivity contribution in [3.05, 3.63) is 29.3 Å². The maximum atomic E-state index is 9.54. The van der Waals surface area contributed by atoms with Gasteiger partial charge in [0.05, 0.1) is 12.7 Å². The molecular formula is C15H25NO2S. The summed E-state index contributed by atoms with van der Waals surface area (Å²) in [4.78, 5) is 0. The molecule has 0 aromatic heterocycles. The maximum absolute atomic E-state index is 9.54. The lowest BCUT2D eigenvalue weighted by molar-refractivity contribution is 0.196. The van der Waals surface area contributed by atoms with Crippen LogP contribution in [0.3, 0.4) is 0 Å². The van der Waals surface area contributed by atoms with Crippen LogP contribution in [0.2, 0.25) is 0 Å². The van der Waals surface area contributed by atoms with E-state index in [0.29, 0.717) is 6.61 Å². The van der Waals surface area contributed by atoms with Crippen molar-refractivity contribution in [2.45, 2.75) is 50.8 Å². The normalized spacial score (nSPS) is 15.9. The molecule has 19 heavy (non-hydrogen) atoms. The topological polar surface area (TPSA) is 55.5 Å². The fraction of sp³-hybridized carbons (Fsp3) is 0.600. The van der Waals surface area contributed by atoms with Gasteiger partial charge in [-0.25, -0.2) is 0 Å². The second-order valence-electron chi connectivity index (χ2n) is 4.85. The standard InChI is InChI=1S/C15H25NO2S/c1-5-18-15-7-6-13(10(2)16)8-14(15)9-19-12(4)11(3)17/h6-8,10-12,17H,5,9,16H2,1-4H3. The number of aliphatic hydroxyl groups is 1. The Hall–Kier alpha value is -0.710. The van der Waals surface area contributed by atoms with Crippen LogP contribution >= 0.6 is 11.8 Å². The third-order valence-corrected chi connectivity index (χ3v) is 4.49. The van der Waals surface area contributed by atoms with Gasteiger partial charge in [-0.3, -0.25) is 0 Å². The van der Waals surface area contributed by atoms with Crippen LogP contribution in [0, 0.1) is 0 Å². The summed E-state index contributed by atoms with van der Waals surface area (Å²) in [6.07, 6.45) is -0.308. The van der Waals surface area contributed by atoms with E-state index in [0.717, 1.165) is 22.6 Å². The fourth-order valence-electron chi connectivity index (χ4n) is 1.65. The first-order valence-electron chi connectivity index (χ1n) is 6.76. The molecule has 0 aliphatic rings. The third-order valence-electron chi connectivity index (χ3n) is 3.09. The minimum Gasteiger partial charge on any atom is -0.494 e. The molecule has 0 heterocycles. The average molecular weight is 283 g/mol. The predicted molar refractivity (Wildman–Crippen MR) is 82.7 cm³/mol. The first-order chi connectivity index (χ1) is 8.95. The Labute approximate surface area is 120 Å². The number of rotatable bonds is 7. The van der Waals surface area contributed by atoms with Crippen molar-refractivity contribution >= 4 is 11.8 Å². The van der Waals surface area contributed by atoms with Crippen molar-refractivity contribution in [1.29, 1.82) is 0 Å². The van der Waals surface area contributed by atoms with E-state index < -0.39 is 0 Å². The Kier molecular flexibility index (Phi) is 6.69. The quantitative estimate of drug-likeness (QED) is 0.807. The Bertz CT molecular complexity index is 394. The van der Waals surface area contributed by atoms with E-state index in [1.165, 1.54) is 0 Å². The Morgan fingerprint density at radius 2 is 2.00 bits per heavy atom. The number of benzene rings is 1. The number of hydrogen-bond donors (Lipinski definition) is 2. The summed E-state index contributed by atoms with van der Waals surface area (Å²) in [7, 11) is 0. The van der Waals surface area contributed by atoms with Crippen molar-refractivity contribution < 1.29 is 9.84 Å². The molecule has 3 N–H and O–H groups in total. The van der Waals surface area contributed by atoms with Gasteiger partial charge in [-0.15, -0.1) is 0 Å². The van der Waals surface area contributed by atoms with Crippen LogP contribution in [0.5, 0.6) is 5.75 Å². The van der Waals surface area contributed by atoms with Gasteiger partial charge in [-0.2, -0.15) is 11.8 Å². The summed E-state index contributed by atoms with van der Waals surface area (Å²) in [5, 5.41) is 9.74. The smallest absolute Gasteiger partial charge is 0.123 e. The predicted octanol–water partition coefficient (Wildman–Crippen LogP) is 3.11. The molecule has 3 unspecified atom stereocenters. The van der Waals surface area contributed by atoms with Gasteiger partial charge in [0.2, 0.25) is 0 Å². The van der Waals surface area contributed by atoms with Gasteiger partial charge in [-0.05, 0) is 38.5 Å². The zero-order valence-electron chi connectivity index (χ0n) is 12.2. The largest absolute Gasteiger partial charge is 0.494 e. The zero-order chi connectivity index (χ0) is 14.4. The maximum Gasteiger partial charge on any atom is 0.123 e. The molecule has 0 aliphatic carbocycles. The van der Waals surface area contributed by atoms with E-state index in [1.54, 1.807) is 11.8 Å². The van der Waals surface area contributed by atoms with E-state index in [9.17, 15) is 5.11 Å². The molecule has 0 radical (unpaired) electrons. The molecule has 108 valence electrons. The van der Waals surface area contributed by atoms with Crippen LogP contribution in [-0.4, -0.2) is 23.1 Å². The lowest BCUT2D eigenvalue weighted by atomic mass is 10.1. The van der Waals surface area contributed by atoms with E-state index in [2.05, 4.69) is 6.07 Å². The number of hydrogen-bond acceptors (Lipinski definition) is 4. The Balaban J connectivity index is 2.84. The molecule has 3 nitrogen and oxygen atoms in total. The lowest BCUT2D eigenvalue weighted by Crippen LogP contribution is -2.15. The second kappa shape index (κ2) is 7.78. The van der Waals surface area contributed by atoms with Crippen LogP contribution in [0.15, 0.2) is 18.2 Å². The van der Waals surface area contributed by atoms with Crippen molar-refractivity contribution in [3.63, 3.8) is 0 Å². The highest BCUT2D eigenvalue weighted by atomic mass is 32.2. The number of ether oxygens (including phenoxy) is 1. The molecule has 0 aliphatic heterocycles. The Morgan fingerprint density at radius 3 is 2.53 bits per heavy atom. The molecule has 0 saturated heterocycles. The molecule has 1 aromatic carbocycles. The number of aliphatic hydroxyl groups excluding tert-OH is 1. The summed E-state index contributed by atoms with van der Waals surface area (Å²) < 4.78 is 5.65. The zero-order valence-corrected chi connectivity index (χ0v) is 13.0. The minimum absolute atomic E-state index is 0.0219. The van der Waals surface area contributed by atoms with E-state index >= 15 is 0 Å². The summed E-state index contributed by atoms with van der Waals surface area (Å²) in [5.41, 5.74) is 8.19. The van der Waals surface area contributed by atoms with E-state index in [4.69, 9.17) is 10.5 Å².